The highest BCUT2D eigenvalue weighted by atomic mass is 32.2. The Kier molecular flexibility index (Phi) is 9.37. The van der Waals surface area contributed by atoms with Gasteiger partial charge in [0, 0.05) is 48.6 Å². The highest BCUT2D eigenvalue weighted by Crippen LogP contribution is 2.38. The van der Waals surface area contributed by atoms with E-state index in [-0.39, 0.29) is 28.6 Å². The Balaban J connectivity index is 1.54. The van der Waals surface area contributed by atoms with Gasteiger partial charge in [0.15, 0.2) is 4.34 Å². The van der Waals surface area contributed by atoms with Crippen LogP contribution in [0, 0.1) is 5.92 Å². The highest BCUT2D eigenvalue weighted by molar-refractivity contribution is 8.01. The zero-order chi connectivity index (χ0) is 25.2. The summed E-state index contributed by atoms with van der Waals surface area (Å²) < 4.78 is 6.23. The third kappa shape index (κ3) is 6.68. The van der Waals surface area contributed by atoms with Gasteiger partial charge in [-0.15, -0.1) is 10.2 Å². The molecule has 0 aromatic carbocycles. The van der Waals surface area contributed by atoms with Gasteiger partial charge >= 0.3 is 6.09 Å². The lowest BCUT2D eigenvalue weighted by atomic mass is 9.77. The van der Waals surface area contributed by atoms with Gasteiger partial charge in [-0.2, -0.15) is 11.8 Å². The molecule has 0 spiro atoms. The number of thioether (sulfide) groups is 2. The van der Waals surface area contributed by atoms with E-state index in [0.29, 0.717) is 32.6 Å². The van der Waals surface area contributed by atoms with E-state index >= 15 is 0 Å². The van der Waals surface area contributed by atoms with E-state index in [1.807, 2.05) is 34.0 Å². The number of rotatable bonds is 6. The summed E-state index contributed by atoms with van der Waals surface area (Å²) in [5, 5.41) is 40.2. The second-order valence-electron chi connectivity index (χ2n) is 9.85. The molecule has 2 aliphatic rings. The minimum atomic E-state index is -1.20. The third-order valence-corrected chi connectivity index (χ3v) is 9.61. The maximum absolute atomic E-state index is 12.3. The number of amides is 1. The van der Waals surface area contributed by atoms with Crippen molar-refractivity contribution in [3.63, 3.8) is 0 Å². The average molecular weight is 536 g/mol. The van der Waals surface area contributed by atoms with Gasteiger partial charge in [0.05, 0.1) is 12.2 Å². The molecule has 13 heteroatoms. The van der Waals surface area contributed by atoms with Crippen molar-refractivity contribution in [2.24, 2.45) is 11.7 Å². The molecule has 1 aliphatic heterocycles. The number of anilines is 1. The second-order valence-corrected chi connectivity index (χ2v) is 13.5. The van der Waals surface area contributed by atoms with Crippen molar-refractivity contribution in [3.8, 4) is 0 Å². The molecular weight excluding hydrogens is 498 g/mol. The highest BCUT2D eigenvalue weighted by Gasteiger charge is 2.45. The predicted octanol–water partition coefficient (Wildman–Crippen LogP) is 1.24. The molecule has 3 unspecified atom stereocenters. The van der Waals surface area contributed by atoms with Crippen LogP contribution in [0.4, 0.5) is 9.93 Å². The van der Waals surface area contributed by atoms with Gasteiger partial charge < -0.3 is 35.6 Å². The number of aliphatic hydroxyl groups excluding tert-OH is 3. The predicted molar refractivity (Wildman–Crippen MR) is 137 cm³/mol. The fraction of sp³-hybridized carbons (Fsp3) is 0.857. The van der Waals surface area contributed by atoms with Gasteiger partial charge in [-0.05, 0) is 33.4 Å². The van der Waals surface area contributed by atoms with Crippen molar-refractivity contribution >= 4 is 46.1 Å². The first kappa shape index (κ1) is 27.8. The number of nitrogens with two attached hydrogens (primary N) is 1. The molecule has 10 nitrogen and oxygen atoms in total. The Morgan fingerprint density at radius 1 is 1.15 bits per heavy atom. The first-order valence-corrected chi connectivity index (χ1v) is 14.4. The van der Waals surface area contributed by atoms with Crippen LogP contribution in [-0.2, 0) is 4.74 Å². The number of carbonyl (C=O) groups excluding carboxylic acids is 1. The van der Waals surface area contributed by atoms with Gasteiger partial charge in [-0.3, -0.25) is 0 Å². The van der Waals surface area contributed by atoms with Crippen LogP contribution in [0.1, 0.15) is 34.1 Å². The summed E-state index contributed by atoms with van der Waals surface area (Å²) in [4.78, 5) is 16.1. The zero-order valence-electron chi connectivity index (χ0n) is 20.3. The number of aromatic nitrogens is 2. The van der Waals surface area contributed by atoms with Gasteiger partial charge in [0.25, 0.3) is 0 Å². The van der Waals surface area contributed by atoms with Gasteiger partial charge in [-0.1, -0.05) is 30.0 Å². The number of carbonyl (C=O) groups is 1. The smallest absolute Gasteiger partial charge is 0.410 e. The number of hydrogen-bond donors (Lipinski definition) is 4. The van der Waals surface area contributed by atoms with E-state index in [9.17, 15) is 20.1 Å². The van der Waals surface area contributed by atoms with Crippen LogP contribution in [0.5, 0.6) is 0 Å². The Morgan fingerprint density at radius 3 is 2.38 bits per heavy atom. The van der Waals surface area contributed by atoms with Crippen LogP contribution in [0.2, 0.25) is 0 Å². The summed E-state index contributed by atoms with van der Waals surface area (Å²) in [6, 6.07) is -0.387. The molecule has 1 saturated heterocycles. The molecule has 2 fully saturated rings. The lowest BCUT2D eigenvalue weighted by molar-refractivity contribution is -0.111. The lowest BCUT2D eigenvalue weighted by Gasteiger charge is -2.43. The van der Waals surface area contributed by atoms with E-state index in [1.165, 1.54) is 34.9 Å². The largest absolute Gasteiger partial charge is 0.444 e. The SMILES string of the molecule is CSC1C[C@H]([C@H](N)[C@H](C)Sc2nnc(N3CCN(C(=O)OC(C)(C)C)CC3)s2)C(O)C(O)[C@H]1O. The van der Waals surface area contributed by atoms with E-state index in [2.05, 4.69) is 15.1 Å². The van der Waals surface area contributed by atoms with E-state index in [0.717, 1.165) is 9.47 Å². The minimum absolute atomic E-state index is 0.0746. The zero-order valence-corrected chi connectivity index (χ0v) is 22.8. The summed E-state index contributed by atoms with van der Waals surface area (Å²) in [7, 11) is 0. The molecule has 7 atom stereocenters. The fourth-order valence-corrected chi connectivity index (χ4v) is 7.34. The van der Waals surface area contributed by atoms with Crippen LogP contribution in [0.15, 0.2) is 4.34 Å². The summed E-state index contributed by atoms with van der Waals surface area (Å²) in [6.07, 6.45) is -1.10. The Morgan fingerprint density at radius 2 is 1.79 bits per heavy atom. The molecule has 3 rings (SSSR count). The van der Waals surface area contributed by atoms with Gasteiger partial charge in [0.2, 0.25) is 5.13 Å². The van der Waals surface area contributed by atoms with E-state index in [1.54, 1.807) is 4.90 Å². The molecule has 194 valence electrons. The number of aliphatic hydroxyl groups is 3. The van der Waals surface area contributed by atoms with E-state index in [4.69, 9.17) is 10.5 Å². The topological polar surface area (TPSA) is 145 Å². The average Bonchev–Trinajstić information content (AvgIpc) is 3.24. The number of piperazine rings is 1. The maximum Gasteiger partial charge on any atom is 0.410 e. The summed E-state index contributed by atoms with van der Waals surface area (Å²) in [6.45, 7) is 9.97. The Bertz CT molecular complexity index is 815. The molecule has 1 aliphatic carbocycles. The van der Waals surface area contributed by atoms with Crippen molar-refractivity contribution < 1.29 is 24.9 Å². The van der Waals surface area contributed by atoms with Gasteiger partial charge in [0.1, 0.15) is 11.7 Å². The lowest BCUT2D eigenvalue weighted by Crippen LogP contribution is -2.58. The fourth-order valence-electron chi connectivity index (χ4n) is 4.21. The molecule has 1 saturated carbocycles. The third-order valence-electron chi connectivity index (χ3n) is 6.25. The van der Waals surface area contributed by atoms with Crippen LogP contribution in [0.3, 0.4) is 0 Å². The Hall–Kier alpha value is -0.830. The number of hydrogen-bond acceptors (Lipinski definition) is 12. The van der Waals surface area contributed by atoms with Crippen LogP contribution in [0.25, 0.3) is 0 Å². The quantitative estimate of drug-likeness (QED) is 0.390. The first-order valence-electron chi connectivity index (χ1n) is 11.5. The molecule has 1 amide bonds. The van der Waals surface area contributed by atoms with Crippen molar-refractivity contribution in [1.82, 2.24) is 15.1 Å². The van der Waals surface area contributed by atoms with Crippen molar-refractivity contribution in [1.29, 1.82) is 0 Å². The summed E-state index contributed by atoms with van der Waals surface area (Å²) >= 11 is 4.46. The van der Waals surface area contributed by atoms with Crippen LogP contribution >= 0.6 is 34.9 Å². The molecule has 34 heavy (non-hydrogen) atoms. The molecule has 0 radical (unpaired) electrons. The van der Waals surface area contributed by atoms with E-state index < -0.39 is 23.9 Å². The maximum atomic E-state index is 12.3. The second kappa shape index (κ2) is 11.5. The number of nitrogens with zero attached hydrogens (tertiary/aromatic N) is 4. The summed E-state index contributed by atoms with van der Waals surface area (Å²) in [5.74, 6) is -0.327. The monoisotopic (exact) mass is 535 g/mol. The number of ether oxygens (including phenoxy) is 1. The van der Waals surface area contributed by atoms with Crippen molar-refractivity contribution in [2.45, 2.75) is 78.9 Å². The molecular formula is C21H37N5O5S3. The van der Waals surface area contributed by atoms with Crippen LogP contribution < -0.4 is 10.6 Å². The molecule has 2 heterocycles. The molecule has 0 bridgehead atoms. The Labute approximate surface area is 213 Å². The molecule has 5 N–H and O–H groups in total. The summed E-state index contributed by atoms with van der Waals surface area (Å²) in [5.41, 5.74) is 5.99. The minimum Gasteiger partial charge on any atom is -0.444 e. The normalized spacial score (nSPS) is 30.2. The van der Waals surface area contributed by atoms with Crippen molar-refractivity contribution in [2.75, 3.05) is 37.3 Å². The standard InChI is InChI=1S/C21H37N5O5S3/c1-11(14(22)12-10-13(32-5)16(28)17(29)15(12)27)33-19-24-23-18(34-19)25-6-8-26(9-7-25)20(30)31-21(2,3)4/h11-17,27-29H,6-10,22H2,1-5H3/t11-,12+,13?,14+,15?,16-,17?/m0/s1. The van der Waals surface area contributed by atoms with Gasteiger partial charge in [-0.25, -0.2) is 4.79 Å². The van der Waals surface area contributed by atoms with Crippen LogP contribution in [-0.4, -0.2) is 109 Å². The first-order chi connectivity index (χ1) is 15.9. The molecule has 1 aromatic rings. The van der Waals surface area contributed by atoms with Crippen molar-refractivity contribution in [3.05, 3.63) is 0 Å². The molecule has 1 aromatic heterocycles.